The van der Waals surface area contributed by atoms with E-state index in [9.17, 15) is 9.18 Å². The standard InChI is InChI=1S/C13H16FN3O2/c14-10-1-2-11(15-7-10)16-12(18)17-5-3-13(8-17)4-6-19-9-13/h1-2,7H,3-6,8-9H2,(H,15,16,18)/t13-/m0/s1. The SMILES string of the molecule is O=C(Nc1ccc(F)cn1)N1CC[C@]2(CCOC2)C1. The van der Waals surface area contributed by atoms with Gasteiger partial charge in [-0.3, -0.25) is 5.32 Å². The Balaban J connectivity index is 1.61. The van der Waals surface area contributed by atoms with Crippen LogP contribution in [0.5, 0.6) is 0 Å². The minimum absolute atomic E-state index is 0.146. The number of carbonyl (C=O) groups is 1. The van der Waals surface area contributed by atoms with Crippen molar-refractivity contribution in [2.24, 2.45) is 5.41 Å². The summed E-state index contributed by atoms with van der Waals surface area (Å²) >= 11 is 0. The molecular weight excluding hydrogens is 249 g/mol. The Morgan fingerprint density at radius 1 is 1.47 bits per heavy atom. The normalized spacial score (nSPS) is 26.1. The van der Waals surface area contributed by atoms with E-state index < -0.39 is 5.82 Å². The van der Waals surface area contributed by atoms with Crippen LogP contribution in [0.4, 0.5) is 15.0 Å². The van der Waals surface area contributed by atoms with Gasteiger partial charge < -0.3 is 9.64 Å². The summed E-state index contributed by atoms with van der Waals surface area (Å²) < 4.78 is 18.2. The molecule has 1 spiro atoms. The number of nitrogens with one attached hydrogen (secondary N) is 1. The summed E-state index contributed by atoms with van der Waals surface area (Å²) in [5.74, 6) is -0.0451. The predicted octanol–water partition coefficient (Wildman–Crippen LogP) is 1.86. The third-order valence-corrected chi connectivity index (χ3v) is 3.87. The largest absolute Gasteiger partial charge is 0.381 e. The third kappa shape index (κ3) is 2.53. The summed E-state index contributed by atoms with van der Waals surface area (Å²) in [6.45, 7) is 2.98. The van der Waals surface area contributed by atoms with Gasteiger partial charge in [-0.25, -0.2) is 14.2 Å². The summed E-state index contributed by atoms with van der Waals surface area (Å²) in [4.78, 5) is 17.7. The Bertz CT molecular complexity index is 471. The van der Waals surface area contributed by atoms with Crippen LogP contribution in [-0.2, 0) is 4.74 Å². The van der Waals surface area contributed by atoms with Crippen LogP contribution < -0.4 is 5.32 Å². The number of anilines is 1. The van der Waals surface area contributed by atoms with E-state index in [2.05, 4.69) is 10.3 Å². The molecule has 2 saturated heterocycles. The zero-order valence-corrected chi connectivity index (χ0v) is 10.6. The molecule has 19 heavy (non-hydrogen) atoms. The number of urea groups is 1. The van der Waals surface area contributed by atoms with Gasteiger partial charge in [0.25, 0.3) is 0 Å². The van der Waals surface area contributed by atoms with Crippen molar-refractivity contribution in [3.8, 4) is 0 Å². The Kier molecular flexibility index (Phi) is 3.10. The van der Waals surface area contributed by atoms with Gasteiger partial charge in [-0.2, -0.15) is 0 Å². The van der Waals surface area contributed by atoms with Gasteiger partial charge in [-0.05, 0) is 25.0 Å². The molecule has 0 aliphatic carbocycles. The van der Waals surface area contributed by atoms with E-state index in [1.54, 1.807) is 4.90 Å². The Hall–Kier alpha value is -1.69. The minimum Gasteiger partial charge on any atom is -0.381 e. The summed E-state index contributed by atoms with van der Waals surface area (Å²) in [6, 6.07) is 2.55. The van der Waals surface area contributed by atoms with Gasteiger partial charge >= 0.3 is 6.03 Å². The van der Waals surface area contributed by atoms with E-state index in [1.807, 2.05) is 0 Å². The molecule has 2 amide bonds. The molecule has 0 aromatic carbocycles. The van der Waals surface area contributed by atoms with Gasteiger partial charge in [0.2, 0.25) is 0 Å². The lowest BCUT2D eigenvalue weighted by Gasteiger charge is -2.22. The molecule has 1 aromatic rings. The quantitative estimate of drug-likeness (QED) is 0.843. The third-order valence-electron chi connectivity index (χ3n) is 3.87. The van der Waals surface area contributed by atoms with Gasteiger partial charge in [-0.15, -0.1) is 0 Å². The summed E-state index contributed by atoms with van der Waals surface area (Å²) in [7, 11) is 0. The van der Waals surface area contributed by atoms with E-state index in [1.165, 1.54) is 12.1 Å². The zero-order valence-electron chi connectivity index (χ0n) is 10.6. The van der Waals surface area contributed by atoms with Gasteiger partial charge in [-0.1, -0.05) is 0 Å². The molecule has 2 fully saturated rings. The second-order valence-corrected chi connectivity index (χ2v) is 5.27. The number of aromatic nitrogens is 1. The molecule has 2 aliphatic rings. The first-order chi connectivity index (χ1) is 9.17. The van der Waals surface area contributed by atoms with E-state index in [-0.39, 0.29) is 11.4 Å². The maximum Gasteiger partial charge on any atom is 0.323 e. The summed E-state index contributed by atoms with van der Waals surface area (Å²) in [6.07, 6.45) is 3.09. The highest BCUT2D eigenvalue weighted by Gasteiger charge is 2.42. The number of amides is 2. The lowest BCUT2D eigenvalue weighted by molar-refractivity contribution is 0.154. The van der Waals surface area contributed by atoms with Crippen LogP contribution in [0.3, 0.4) is 0 Å². The Labute approximate surface area is 110 Å². The van der Waals surface area contributed by atoms with Crippen molar-refractivity contribution in [3.05, 3.63) is 24.1 Å². The van der Waals surface area contributed by atoms with Crippen molar-refractivity contribution in [1.82, 2.24) is 9.88 Å². The van der Waals surface area contributed by atoms with Crippen molar-refractivity contribution < 1.29 is 13.9 Å². The van der Waals surface area contributed by atoms with Crippen molar-refractivity contribution in [3.63, 3.8) is 0 Å². The monoisotopic (exact) mass is 265 g/mol. The molecule has 102 valence electrons. The number of halogens is 1. The average molecular weight is 265 g/mol. The molecule has 1 aromatic heterocycles. The van der Waals surface area contributed by atoms with Crippen LogP contribution in [0.15, 0.2) is 18.3 Å². The van der Waals surface area contributed by atoms with Gasteiger partial charge in [0.05, 0.1) is 12.8 Å². The van der Waals surface area contributed by atoms with Crippen LogP contribution in [0.1, 0.15) is 12.8 Å². The first-order valence-corrected chi connectivity index (χ1v) is 6.42. The highest BCUT2D eigenvalue weighted by molar-refractivity contribution is 5.88. The van der Waals surface area contributed by atoms with Gasteiger partial charge in [0.15, 0.2) is 0 Å². The fourth-order valence-electron chi connectivity index (χ4n) is 2.72. The smallest absolute Gasteiger partial charge is 0.323 e. The molecule has 3 heterocycles. The molecule has 1 atom stereocenters. The molecule has 6 heteroatoms. The highest BCUT2D eigenvalue weighted by atomic mass is 19.1. The number of carbonyl (C=O) groups excluding carboxylic acids is 1. The molecule has 2 aliphatic heterocycles. The van der Waals surface area contributed by atoms with E-state index in [0.29, 0.717) is 5.82 Å². The predicted molar refractivity (Wildman–Crippen MR) is 67.3 cm³/mol. The van der Waals surface area contributed by atoms with Crippen molar-refractivity contribution in [1.29, 1.82) is 0 Å². The second-order valence-electron chi connectivity index (χ2n) is 5.27. The molecular formula is C13H16FN3O2. The summed E-state index contributed by atoms with van der Waals surface area (Å²) in [5.41, 5.74) is 0.146. The molecule has 0 radical (unpaired) electrons. The highest BCUT2D eigenvalue weighted by Crippen LogP contribution is 2.38. The van der Waals surface area contributed by atoms with Crippen molar-refractivity contribution in [2.75, 3.05) is 31.6 Å². The van der Waals surface area contributed by atoms with Crippen LogP contribution in [0.2, 0.25) is 0 Å². The number of hydrogen-bond acceptors (Lipinski definition) is 3. The maximum atomic E-state index is 12.7. The minimum atomic E-state index is -0.416. The Morgan fingerprint density at radius 3 is 3.05 bits per heavy atom. The molecule has 0 unspecified atom stereocenters. The fraction of sp³-hybridized carbons (Fsp3) is 0.538. The number of pyridine rings is 1. The molecule has 0 saturated carbocycles. The molecule has 5 nitrogen and oxygen atoms in total. The molecule has 3 rings (SSSR count). The second kappa shape index (κ2) is 4.77. The van der Waals surface area contributed by atoms with Gasteiger partial charge in [0, 0.05) is 25.1 Å². The average Bonchev–Trinajstić information content (AvgIpc) is 3.03. The lowest BCUT2D eigenvalue weighted by atomic mass is 9.87. The zero-order chi connectivity index (χ0) is 13.3. The number of likely N-dealkylation sites (tertiary alicyclic amines) is 1. The number of rotatable bonds is 1. The van der Waals surface area contributed by atoms with Crippen molar-refractivity contribution >= 4 is 11.8 Å². The molecule has 0 bridgehead atoms. The lowest BCUT2D eigenvalue weighted by Crippen LogP contribution is -2.35. The molecule has 1 N–H and O–H groups in total. The van der Waals surface area contributed by atoms with E-state index >= 15 is 0 Å². The number of nitrogens with zero attached hydrogens (tertiary/aromatic N) is 2. The van der Waals surface area contributed by atoms with Crippen LogP contribution in [0, 0.1) is 11.2 Å². The maximum absolute atomic E-state index is 12.7. The van der Waals surface area contributed by atoms with Crippen LogP contribution >= 0.6 is 0 Å². The summed E-state index contributed by atoms with van der Waals surface area (Å²) in [5, 5.41) is 2.69. The first kappa shape index (κ1) is 12.3. The van der Waals surface area contributed by atoms with E-state index in [0.717, 1.165) is 45.3 Å². The first-order valence-electron chi connectivity index (χ1n) is 6.42. The number of ether oxygens (including phenoxy) is 1. The van der Waals surface area contributed by atoms with Crippen molar-refractivity contribution in [2.45, 2.75) is 12.8 Å². The Morgan fingerprint density at radius 2 is 2.37 bits per heavy atom. The number of hydrogen-bond donors (Lipinski definition) is 1. The van der Waals surface area contributed by atoms with Crippen LogP contribution in [-0.4, -0.2) is 42.2 Å². The van der Waals surface area contributed by atoms with Crippen LogP contribution in [0.25, 0.3) is 0 Å². The fourth-order valence-corrected chi connectivity index (χ4v) is 2.72. The van der Waals surface area contributed by atoms with E-state index in [4.69, 9.17) is 4.74 Å². The van der Waals surface area contributed by atoms with Gasteiger partial charge in [0.1, 0.15) is 11.6 Å². The topological polar surface area (TPSA) is 54.5 Å².